The molecule has 2 bridgehead atoms. The summed E-state index contributed by atoms with van der Waals surface area (Å²) in [7, 11) is -3.65. The molecule has 1 aromatic heterocycles. The molecule has 0 aromatic carbocycles. The molecule has 3 fully saturated rings. The summed E-state index contributed by atoms with van der Waals surface area (Å²) >= 11 is 6.04. The molecule has 178 valence electrons. The number of nitrogens with zero attached hydrogens (tertiary/aromatic N) is 4. The SMILES string of the molecule is CC1(C)[C@@H]2CC[C@@]1(CS(=O)(=O)N1CCN(c3ncc(C(F)(F)F)cc3Cl)CC1)/C(=N/O)C2. The van der Waals surface area contributed by atoms with Crippen molar-refractivity contribution in [3.8, 4) is 0 Å². The molecule has 0 spiro atoms. The van der Waals surface area contributed by atoms with Gasteiger partial charge in [-0.25, -0.2) is 13.4 Å². The molecule has 1 aliphatic heterocycles. The zero-order chi connectivity index (χ0) is 23.5. The average Bonchev–Trinajstić information content (AvgIpc) is 3.07. The normalized spacial score (nSPS) is 29.8. The summed E-state index contributed by atoms with van der Waals surface area (Å²) in [5.41, 5.74) is -1.31. The standard InChI is InChI=1S/C20H26ClF3N4O3S/c1-18(2)13-3-4-19(18,16(10-13)26-29)12-32(30,31)28-7-5-27(6-8-28)17-15(21)9-14(11-25-17)20(22,23)24/h9,11,13,29H,3-8,10,12H2,1-2H3/b26-16+/t13-,19-/m1/s1. The Bertz CT molecular complexity index is 1040. The number of aromatic nitrogens is 1. The molecule has 2 aliphatic carbocycles. The summed E-state index contributed by atoms with van der Waals surface area (Å²) in [4.78, 5) is 5.56. The maximum Gasteiger partial charge on any atom is 0.417 e. The highest BCUT2D eigenvalue weighted by Crippen LogP contribution is 2.64. The zero-order valence-electron chi connectivity index (χ0n) is 17.9. The van der Waals surface area contributed by atoms with Gasteiger partial charge in [-0.15, -0.1) is 0 Å². The minimum atomic E-state index is -4.54. The van der Waals surface area contributed by atoms with Crippen LogP contribution in [0, 0.1) is 16.7 Å². The van der Waals surface area contributed by atoms with Crippen LogP contribution in [-0.2, 0) is 16.2 Å². The summed E-state index contributed by atoms with van der Waals surface area (Å²) < 4.78 is 66.7. The lowest BCUT2D eigenvalue weighted by molar-refractivity contribution is -0.137. The monoisotopic (exact) mass is 494 g/mol. The molecule has 4 rings (SSSR count). The highest BCUT2D eigenvalue weighted by atomic mass is 35.5. The fourth-order valence-corrected chi connectivity index (χ4v) is 8.17. The first-order chi connectivity index (χ1) is 14.8. The van der Waals surface area contributed by atoms with E-state index in [0.29, 0.717) is 24.5 Å². The topological polar surface area (TPSA) is 86.1 Å². The Kier molecular flexibility index (Phi) is 5.69. The van der Waals surface area contributed by atoms with E-state index in [1.54, 1.807) is 4.90 Å². The predicted molar refractivity (Wildman–Crippen MR) is 115 cm³/mol. The third-order valence-corrected chi connectivity index (χ3v) is 10.1. The molecule has 12 heteroatoms. The number of pyridine rings is 1. The fraction of sp³-hybridized carbons (Fsp3) is 0.700. The van der Waals surface area contributed by atoms with Gasteiger partial charge in [0.2, 0.25) is 10.0 Å². The maximum atomic E-state index is 13.3. The van der Waals surface area contributed by atoms with E-state index in [0.717, 1.165) is 18.7 Å². The van der Waals surface area contributed by atoms with Gasteiger partial charge in [0.05, 0.1) is 22.1 Å². The Morgan fingerprint density at radius 3 is 2.47 bits per heavy atom. The molecule has 1 N–H and O–H groups in total. The molecule has 3 aliphatic rings. The van der Waals surface area contributed by atoms with Crippen LogP contribution in [0.25, 0.3) is 0 Å². The van der Waals surface area contributed by atoms with Crippen LogP contribution in [0.3, 0.4) is 0 Å². The van der Waals surface area contributed by atoms with Crippen molar-refractivity contribution in [2.24, 2.45) is 21.9 Å². The maximum absolute atomic E-state index is 13.3. The fourth-order valence-electron chi connectivity index (χ4n) is 5.67. The molecule has 7 nitrogen and oxygen atoms in total. The molecule has 0 amide bonds. The number of alkyl halides is 3. The van der Waals surface area contributed by atoms with Crippen molar-refractivity contribution < 1.29 is 26.8 Å². The van der Waals surface area contributed by atoms with Gasteiger partial charge in [-0.1, -0.05) is 30.6 Å². The van der Waals surface area contributed by atoms with Crippen LogP contribution < -0.4 is 4.90 Å². The Morgan fingerprint density at radius 1 is 1.28 bits per heavy atom. The van der Waals surface area contributed by atoms with Crippen LogP contribution in [0.1, 0.15) is 38.7 Å². The molecule has 0 radical (unpaired) electrons. The van der Waals surface area contributed by atoms with Crippen LogP contribution in [-0.4, -0.2) is 60.6 Å². The van der Waals surface area contributed by atoms with Gasteiger partial charge in [0.15, 0.2) is 0 Å². The Morgan fingerprint density at radius 2 is 1.94 bits per heavy atom. The van der Waals surface area contributed by atoms with Crippen LogP contribution in [0.4, 0.5) is 19.0 Å². The van der Waals surface area contributed by atoms with Crippen LogP contribution >= 0.6 is 11.6 Å². The molecule has 0 unspecified atom stereocenters. The second kappa shape index (κ2) is 7.73. The lowest BCUT2D eigenvalue weighted by atomic mass is 9.70. The summed E-state index contributed by atoms with van der Waals surface area (Å²) in [5, 5.41) is 12.9. The Hall–Kier alpha value is -1.59. The number of halogens is 4. The smallest absolute Gasteiger partial charge is 0.411 e. The lowest BCUT2D eigenvalue weighted by Gasteiger charge is -2.40. The van der Waals surface area contributed by atoms with Gasteiger partial charge in [0.1, 0.15) is 5.82 Å². The second-order valence-corrected chi connectivity index (χ2v) is 11.8. The number of fused-ring (bicyclic) bond motifs is 2. The molecule has 2 atom stereocenters. The predicted octanol–water partition coefficient (Wildman–Crippen LogP) is 3.86. The van der Waals surface area contributed by atoms with Crippen LogP contribution in [0.15, 0.2) is 17.4 Å². The highest BCUT2D eigenvalue weighted by Gasteiger charge is 2.64. The third kappa shape index (κ3) is 3.66. The number of rotatable bonds is 4. The molecule has 32 heavy (non-hydrogen) atoms. The summed E-state index contributed by atoms with van der Waals surface area (Å²) in [5.74, 6) is 0.399. The highest BCUT2D eigenvalue weighted by molar-refractivity contribution is 7.89. The Balaban J connectivity index is 1.48. The minimum absolute atomic E-state index is 0.109. The lowest BCUT2D eigenvalue weighted by Crippen LogP contribution is -2.53. The number of hydrogen-bond donors (Lipinski definition) is 1. The van der Waals surface area contributed by atoms with Crippen molar-refractivity contribution in [2.45, 2.75) is 39.3 Å². The zero-order valence-corrected chi connectivity index (χ0v) is 19.4. The quantitative estimate of drug-likeness (QED) is 0.507. The molecule has 1 aromatic rings. The van der Waals surface area contributed by atoms with Crippen molar-refractivity contribution in [1.82, 2.24) is 9.29 Å². The minimum Gasteiger partial charge on any atom is -0.411 e. The number of anilines is 1. The number of hydrogen-bond acceptors (Lipinski definition) is 6. The molecular weight excluding hydrogens is 469 g/mol. The van der Waals surface area contributed by atoms with Gasteiger partial charge in [0.25, 0.3) is 0 Å². The van der Waals surface area contributed by atoms with E-state index >= 15 is 0 Å². The van der Waals surface area contributed by atoms with E-state index in [1.807, 2.05) is 0 Å². The van der Waals surface area contributed by atoms with Gasteiger partial charge in [-0.3, -0.25) is 0 Å². The number of oxime groups is 1. The van der Waals surface area contributed by atoms with Crippen molar-refractivity contribution >= 4 is 33.2 Å². The van der Waals surface area contributed by atoms with Crippen molar-refractivity contribution in [3.05, 3.63) is 22.8 Å². The van der Waals surface area contributed by atoms with Crippen LogP contribution in [0.5, 0.6) is 0 Å². The average molecular weight is 495 g/mol. The van der Waals surface area contributed by atoms with Crippen LogP contribution in [0.2, 0.25) is 5.02 Å². The first-order valence-electron chi connectivity index (χ1n) is 10.5. The van der Waals surface area contributed by atoms with Gasteiger partial charge < -0.3 is 10.1 Å². The molecular formula is C20H26ClF3N4O3S. The Labute approximate surface area is 190 Å². The van der Waals surface area contributed by atoms with E-state index in [4.69, 9.17) is 11.6 Å². The van der Waals surface area contributed by atoms with Gasteiger partial charge in [-0.05, 0) is 36.7 Å². The van der Waals surface area contributed by atoms with Crippen molar-refractivity contribution in [1.29, 1.82) is 0 Å². The molecule has 2 saturated carbocycles. The van der Waals surface area contributed by atoms with Gasteiger partial charge >= 0.3 is 6.18 Å². The van der Waals surface area contributed by atoms with E-state index in [-0.39, 0.29) is 48.2 Å². The first kappa shape index (κ1) is 23.6. The van der Waals surface area contributed by atoms with E-state index in [9.17, 15) is 26.8 Å². The first-order valence-corrected chi connectivity index (χ1v) is 12.5. The largest absolute Gasteiger partial charge is 0.417 e. The second-order valence-electron chi connectivity index (χ2n) is 9.46. The number of piperazine rings is 1. The van der Waals surface area contributed by atoms with E-state index in [2.05, 4.69) is 24.0 Å². The summed E-state index contributed by atoms with van der Waals surface area (Å²) in [6.45, 7) is 4.97. The molecule has 2 heterocycles. The van der Waals surface area contributed by atoms with E-state index < -0.39 is 27.2 Å². The molecule has 1 saturated heterocycles. The van der Waals surface area contributed by atoms with Crippen molar-refractivity contribution in [3.63, 3.8) is 0 Å². The summed E-state index contributed by atoms with van der Waals surface area (Å²) in [6.07, 6.45) is -1.60. The van der Waals surface area contributed by atoms with E-state index in [1.165, 1.54) is 4.31 Å². The van der Waals surface area contributed by atoms with Gasteiger partial charge in [0, 0.05) is 37.8 Å². The summed E-state index contributed by atoms with van der Waals surface area (Å²) in [6, 6.07) is 0.834. The van der Waals surface area contributed by atoms with Gasteiger partial charge in [-0.2, -0.15) is 17.5 Å². The third-order valence-electron chi connectivity index (χ3n) is 7.80. The van der Waals surface area contributed by atoms with Crippen molar-refractivity contribution in [2.75, 3.05) is 36.8 Å². The number of sulfonamides is 1.